The molecule has 1 aromatic carbocycles. The molecule has 1 aliphatic heterocycles. The molecule has 1 aliphatic rings. The number of hydrogen-bond donors (Lipinski definition) is 2. The Morgan fingerprint density at radius 1 is 1.16 bits per heavy atom. The summed E-state index contributed by atoms with van der Waals surface area (Å²) in [7, 11) is -0.683. The number of halogens is 1. The number of nitrogens with zero attached hydrogens (tertiary/aromatic N) is 4. The first kappa shape index (κ1) is 19.1. The molecule has 0 saturated heterocycles. The second kappa shape index (κ2) is 8.25. The van der Waals surface area contributed by atoms with Crippen LogP contribution in [-0.4, -0.2) is 35.4 Å². The van der Waals surface area contributed by atoms with E-state index >= 15 is 0 Å². The molecular weight excluding hydrogens is 354 g/mol. The van der Waals surface area contributed by atoms with Crippen LogP contribution in [0.2, 0.25) is 0 Å². The summed E-state index contributed by atoms with van der Waals surface area (Å²) in [5, 5.41) is 0. The number of benzene rings is 1. The molecule has 0 unspecified atom stereocenters. The number of anilines is 3. The van der Waals surface area contributed by atoms with Crippen LogP contribution in [-0.2, 0) is 11.4 Å². The Labute approximate surface area is 146 Å². The molecule has 0 atom stereocenters. The molecule has 2 heterocycles. The fourth-order valence-corrected chi connectivity index (χ4v) is 2.29. The van der Waals surface area contributed by atoms with Gasteiger partial charge in [0.2, 0.25) is 0 Å². The standard InChI is InChI=1S/C14H17N5O.ClHO4/c1-18-10-19(2)14-12(18)13(15-9-16-14)17-20-8-11-6-4-3-5-7-11;2-1(3,4)5/h3-7,9H,8,10H2,1-2H3,(H,15,16,17);(H,2,3,4,5). The Hall–Kier alpha value is -2.21. The highest BCUT2D eigenvalue weighted by Crippen LogP contribution is 2.36. The molecule has 1 aromatic heterocycles. The van der Waals surface area contributed by atoms with E-state index < -0.39 is 10.2 Å². The topological polar surface area (TPSA) is 143 Å². The van der Waals surface area contributed by atoms with Crippen LogP contribution in [0.1, 0.15) is 5.56 Å². The number of hydrogen-bond acceptors (Lipinski definition) is 10. The molecule has 0 saturated carbocycles. The van der Waals surface area contributed by atoms with E-state index in [1.54, 1.807) is 6.33 Å². The third kappa shape index (κ3) is 5.98. The predicted molar refractivity (Wildman–Crippen MR) is 80.8 cm³/mol. The van der Waals surface area contributed by atoms with Gasteiger partial charge < -0.3 is 9.80 Å². The summed E-state index contributed by atoms with van der Waals surface area (Å²) in [6.07, 6.45) is 1.54. The lowest BCUT2D eigenvalue weighted by Gasteiger charge is -2.14. The lowest BCUT2D eigenvalue weighted by atomic mass is 10.2. The molecule has 136 valence electrons. The molecule has 0 fully saturated rings. The Morgan fingerprint density at radius 2 is 1.80 bits per heavy atom. The molecule has 25 heavy (non-hydrogen) atoms. The van der Waals surface area contributed by atoms with E-state index in [0.29, 0.717) is 12.4 Å². The predicted octanol–water partition coefficient (Wildman–Crippen LogP) is -2.26. The maximum atomic E-state index is 8.60. The second-order valence-electron chi connectivity index (χ2n) is 5.20. The molecule has 0 amide bonds. The third-order valence-corrected chi connectivity index (χ3v) is 3.22. The number of fused-ring (bicyclic) bond motifs is 1. The Morgan fingerprint density at radius 3 is 2.44 bits per heavy atom. The number of rotatable bonds is 4. The zero-order valence-electron chi connectivity index (χ0n) is 13.6. The zero-order chi connectivity index (χ0) is 18.4. The van der Waals surface area contributed by atoms with Crippen molar-refractivity contribution in [1.82, 2.24) is 9.97 Å². The lowest BCUT2D eigenvalue weighted by molar-refractivity contribution is -1.92. The fourth-order valence-electron chi connectivity index (χ4n) is 2.29. The molecule has 0 spiro atoms. The van der Waals surface area contributed by atoms with E-state index in [2.05, 4.69) is 25.2 Å². The first-order valence-electron chi connectivity index (χ1n) is 7.08. The summed E-state index contributed by atoms with van der Waals surface area (Å²) in [5.74, 6) is 1.60. The molecule has 11 heteroatoms. The first-order chi connectivity index (χ1) is 11.8. The summed E-state index contributed by atoms with van der Waals surface area (Å²) in [6.45, 7) is 1.28. The van der Waals surface area contributed by atoms with Gasteiger partial charge in [-0.1, -0.05) is 30.3 Å². The van der Waals surface area contributed by atoms with Crippen molar-refractivity contribution in [3.63, 3.8) is 0 Å². The van der Waals surface area contributed by atoms with Crippen LogP contribution in [0.4, 0.5) is 17.3 Å². The lowest BCUT2D eigenvalue weighted by Crippen LogP contribution is -2.58. The van der Waals surface area contributed by atoms with Gasteiger partial charge in [0.25, 0.3) is 0 Å². The highest BCUT2D eigenvalue weighted by molar-refractivity contribution is 5.81. The van der Waals surface area contributed by atoms with Crippen molar-refractivity contribution in [2.24, 2.45) is 0 Å². The third-order valence-electron chi connectivity index (χ3n) is 3.22. The second-order valence-corrected chi connectivity index (χ2v) is 6.00. The molecule has 0 radical (unpaired) electrons. The van der Waals surface area contributed by atoms with Gasteiger partial charge in [0.15, 0.2) is 11.6 Å². The van der Waals surface area contributed by atoms with Crippen molar-refractivity contribution in [3.05, 3.63) is 42.2 Å². The highest BCUT2D eigenvalue weighted by Gasteiger charge is 2.25. The zero-order valence-corrected chi connectivity index (χ0v) is 14.4. The van der Waals surface area contributed by atoms with Crippen LogP contribution in [0.5, 0.6) is 0 Å². The van der Waals surface area contributed by atoms with Gasteiger partial charge >= 0.3 is 0 Å². The normalized spacial score (nSPS) is 13.2. The van der Waals surface area contributed by atoms with E-state index in [-0.39, 0.29) is 0 Å². The van der Waals surface area contributed by atoms with Crippen LogP contribution in [0.3, 0.4) is 0 Å². The van der Waals surface area contributed by atoms with Crippen LogP contribution in [0.25, 0.3) is 0 Å². The van der Waals surface area contributed by atoms with Crippen molar-refractivity contribution >= 4 is 17.3 Å². The summed E-state index contributed by atoms with van der Waals surface area (Å²) >= 11 is 0. The van der Waals surface area contributed by atoms with Crippen LogP contribution < -0.4 is 29.3 Å². The average Bonchev–Trinajstić information content (AvgIpc) is 2.82. The average molecular weight is 372 g/mol. The Kier molecular flexibility index (Phi) is 6.31. The fraction of sp³-hybridized carbons (Fsp3) is 0.286. The maximum Gasteiger partial charge on any atom is 0.179 e. The minimum atomic E-state index is -4.69. The molecule has 10 nitrogen and oxygen atoms in total. The summed E-state index contributed by atoms with van der Waals surface area (Å²) in [5.41, 5.74) is 4.99. The van der Waals surface area contributed by atoms with E-state index in [1.165, 1.54) is 0 Å². The van der Waals surface area contributed by atoms with E-state index in [4.69, 9.17) is 23.5 Å². The van der Waals surface area contributed by atoms with Crippen molar-refractivity contribution in [3.8, 4) is 0 Å². The largest absolute Gasteiger partial charge is 0.351 e. The van der Waals surface area contributed by atoms with Gasteiger partial charge in [-0.2, -0.15) is 14.0 Å². The van der Waals surface area contributed by atoms with Gasteiger partial charge in [-0.3, -0.25) is 4.84 Å². The number of nitrogens with one attached hydrogen (secondary N) is 1. The van der Waals surface area contributed by atoms with Gasteiger partial charge in [-0.05, 0) is 5.56 Å². The van der Waals surface area contributed by atoms with Crippen molar-refractivity contribution in [2.75, 3.05) is 36.0 Å². The van der Waals surface area contributed by atoms with Gasteiger partial charge in [0.1, 0.15) is 12.0 Å². The maximum absolute atomic E-state index is 8.60. The number of aromatic nitrogens is 2. The monoisotopic (exact) mass is 371 g/mol. The molecule has 2 N–H and O–H groups in total. The van der Waals surface area contributed by atoms with E-state index in [9.17, 15) is 0 Å². The minimum absolute atomic E-state index is 0.485. The van der Waals surface area contributed by atoms with Gasteiger partial charge in [-0.15, -0.1) is 0 Å². The Balaban J connectivity index is 0.000000399. The SMILES string of the molecule is CN1CN(C)c2c(NOCc3ccccc3)ncnc21.[O-][Cl+3]([O-])([O-])O. The summed E-state index contributed by atoms with van der Waals surface area (Å²) < 4.78 is 32.7. The van der Waals surface area contributed by atoms with Crippen molar-refractivity contribution in [2.45, 2.75) is 6.61 Å². The summed E-state index contributed by atoms with van der Waals surface area (Å²) in [4.78, 5) is 18.2. The van der Waals surface area contributed by atoms with Crippen LogP contribution in [0, 0.1) is 10.2 Å². The van der Waals surface area contributed by atoms with Crippen molar-refractivity contribution in [1.29, 1.82) is 0 Å². The molecule has 0 aliphatic carbocycles. The van der Waals surface area contributed by atoms with Crippen LogP contribution >= 0.6 is 0 Å². The highest BCUT2D eigenvalue weighted by atomic mass is 35.7. The minimum Gasteiger partial charge on any atom is -0.351 e. The first-order valence-corrected chi connectivity index (χ1v) is 8.34. The van der Waals surface area contributed by atoms with Crippen molar-refractivity contribution < 1.29 is 33.7 Å². The Bertz CT molecular complexity index is 679. The van der Waals surface area contributed by atoms with E-state index in [0.717, 1.165) is 23.7 Å². The van der Waals surface area contributed by atoms with Gasteiger partial charge in [0.05, 0.1) is 28.2 Å². The van der Waals surface area contributed by atoms with Gasteiger partial charge in [-0.25, -0.2) is 15.4 Å². The van der Waals surface area contributed by atoms with Crippen LogP contribution in [0.15, 0.2) is 36.7 Å². The molecule has 0 bridgehead atoms. The van der Waals surface area contributed by atoms with E-state index in [1.807, 2.05) is 44.4 Å². The molecular formula is C14H18ClN5O5. The molecule has 3 rings (SSSR count). The smallest absolute Gasteiger partial charge is 0.179 e. The van der Waals surface area contributed by atoms with Gasteiger partial charge in [0, 0.05) is 14.1 Å². The molecule has 2 aromatic rings. The quantitative estimate of drug-likeness (QED) is 0.565. The summed E-state index contributed by atoms with van der Waals surface area (Å²) in [6, 6.07) is 10.0.